The number of anilines is 1. The Kier molecular flexibility index (Phi) is 5.57. The largest absolute Gasteiger partial charge is 0.449 e. The molecule has 22 heavy (non-hydrogen) atoms. The molecule has 2 aromatic carbocycles. The van der Waals surface area contributed by atoms with Gasteiger partial charge in [-0.1, -0.05) is 45.7 Å². The fourth-order valence-electron chi connectivity index (χ4n) is 1.70. The first-order valence-corrected chi connectivity index (χ1v) is 7.66. The van der Waals surface area contributed by atoms with Crippen molar-refractivity contribution >= 4 is 45.1 Å². The van der Waals surface area contributed by atoms with E-state index in [1.54, 1.807) is 42.5 Å². The predicted octanol–water partition coefficient (Wildman–Crippen LogP) is 4.29. The minimum atomic E-state index is -0.942. The highest BCUT2D eigenvalue weighted by Crippen LogP contribution is 2.22. The smallest absolute Gasteiger partial charge is 0.340 e. The number of carbonyl (C=O) groups excluding carboxylic acids is 2. The van der Waals surface area contributed by atoms with E-state index in [0.717, 1.165) is 0 Å². The molecule has 0 radical (unpaired) electrons. The van der Waals surface area contributed by atoms with Crippen LogP contribution >= 0.6 is 27.5 Å². The van der Waals surface area contributed by atoms with Gasteiger partial charge in [0, 0.05) is 10.2 Å². The molecule has 0 saturated carbocycles. The SMILES string of the molecule is C[C@H](OC(=O)c1cc(Br)ccc1Cl)C(=O)Nc1ccccc1. The minimum Gasteiger partial charge on any atom is -0.449 e. The molecule has 1 atom stereocenters. The maximum atomic E-state index is 12.1. The number of rotatable bonds is 4. The summed E-state index contributed by atoms with van der Waals surface area (Å²) in [6.07, 6.45) is -0.942. The number of halogens is 2. The van der Waals surface area contributed by atoms with Crippen molar-refractivity contribution in [3.05, 3.63) is 63.6 Å². The molecule has 0 aliphatic rings. The molecular formula is C16H13BrClNO3. The first-order valence-electron chi connectivity index (χ1n) is 6.49. The summed E-state index contributed by atoms with van der Waals surface area (Å²) >= 11 is 9.22. The molecule has 0 fully saturated rings. The molecule has 1 amide bonds. The van der Waals surface area contributed by atoms with E-state index in [0.29, 0.717) is 10.2 Å². The van der Waals surface area contributed by atoms with Gasteiger partial charge in [0.05, 0.1) is 10.6 Å². The molecular weight excluding hydrogens is 370 g/mol. The van der Waals surface area contributed by atoms with Crippen molar-refractivity contribution in [2.24, 2.45) is 0 Å². The van der Waals surface area contributed by atoms with Crippen LogP contribution in [0.5, 0.6) is 0 Å². The van der Waals surface area contributed by atoms with Gasteiger partial charge in [-0.3, -0.25) is 4.79 Å². The number of benzene rings is 2. The van der Waals surface area contributed by atoms with Gasteiger partial charge in [-0.2, -0.15) is 0 Å². The van der Waals surface area contributed by atoms with E-state index in [9.17, 15) is 9.59 Å². The molecule has 2 aromatic rings. The second-order valence-electron chi connectivity index (χ2n) is 4.53. The average molecular weight is 383 g/mol. The van der Waals surface area contributed by atoms with Crippen LogP contribution < -0.4 is 5.32 Å². The van der Waals surface area contributed by atoms with Crippen LogP contribution in [0.2, 0.25) is 5.02 Å². The monoisotopic (exact) mass is 381 g/mol. The Balaban J connectivity index is 2.01. The highest BCUT2D eigenvalue weighted by molar-refractivity contribution is 9.10. The standard InChI is InChI=1S/C16H13BrClNO3/c1-10(15(20)19-12-5-3-2-4-6-12)22-16(21)13-9-11(17)7-8-14(13)18/h2-10H,1H3,(H,19,20)/t10-/m0/s1. The number of nitrogens with one attached hydrogen (secondary N) is 1. The molecule has 0 saturated heterocycles. The van der Waals surface area contributed by atoms with E-state index in [1.165, 1.54) is 6.92 Å². The van der Waals surface area contributed by atoms with Crippen molar-refractivity contribution in [3.8, 4) is 0 Å². The van der Waals surface area contributed by atoms with Crippen LogP contribution in [0.25, 0.3) is 0 Å². The maximum absolute atomic E-state index is 12.1. The van der Waals surface area contributed by atoms with Gasteiger partial charge < -0.3 is 10.1 Å². The number of hydrogen-bond acceptors (Lipinski definition) is 3. The highest BCUT2D eigenvalue weighted by atomic mass is 79.9. The lowest BCUT2D eigenvalue weighted by molar-refractivity contribution is -0.123. The van der Waals surface area contributed by atoms with Crippen LogP contribution in [0.4, 0.5) is 5.69 Å². The summed E-state index contributed by atoms with van der Waals surface area (Å²) in [7, 11) is 0. The van der Waals surface area contributed by atoms with Crippen LogP contribution in [-0.2, 0) is 9.53 Å². The highest BCUT2D eigenvalue weighted by Gasteiger charge is 2.20. The molecule has 0 aliphatic heterocycles. The third-order valence-corrected chi connectivity index (χ3v) is 3.67. The number of amides is 1. The van der Waals surface area contributed by atoms with E-state index in [2.05, 4.69) is 21.2 Å². The fraction of sp³-hybridized carbons (Fsp3) is 0.125. The molecule has 0 heterocycles. The Morgan fingerprint density at radius 2 is 1.86 bits per heavy atom. The van der Waals surface area contributed by atoms with Gasteiger partial charge in [0.2, 0.25) is 0 Å². The molecule has 4 nitrogen and oxygen atoms in total. The Bertz CT molecular complexity index is 691. The second kappa shape index (κ2) is 7.42. The average Bonchev–Trinajstić information content (AvgIpc) is 2.50. The molecule has 0 spiro atoms. The van der Waals surface area contributed by atoms with E-state index in [1.807, 2.05) is 6.07 Å². The maximum Gasteiger partial charge on any atom is 0.340 e. The quantitative estimate of drug-likeness (QED) is 0.803. The number of para-hydroxylation sites is 1. The van der Waals surface area contributed by atoms with Crippen molar-refractivity contribution in [2.45, 2.75) is 13.0 Å². The lowest BCUT2D eigenvalue weighted by atomic mass is 10.2. The Labute approximate surface area is 141 Å². The summed E-state index contributed by atoms with van der Waals surface area (Å²) in [6.45, 7) is 1.50. The van der Waals surface area contributed by atoms with Gasteiger partial charge in [0.1, 0.15) is 0 Å². The van der Waals surface area contributed by atoms with Crippen molar-refractivity contribution in [3.63, 3.8) is 0 Å². The number of esters is 1. The van der Waals surface area contributed by atoms with E-state index >= 15 is 0 Å². The van der Waals surface area contributed by atoms with E-state index in [-0.39, 0.29) is 10.6 Å². The number of carbonyl (C=O) groups is 2. The van der Waals surface area contributed by atoms with Crippen molar-refractivity contribution in [2.75, 3.05) is 5.32 Å². The predicted molar refractivity (Wildman–Crippen MR) is 89.1 cm³/mol. The molecule has 0 aliphatic carbocycles. The van der Waals surface area contributed by atoms with E-state index < -0.39 is 18.0 Å². The van der Waals surface area contributed by atoms with Gasteiger partial charge in [-0.25, -0.2) is 4.79 Å². The lowest BCUT2D eigenvalue weighted by Gasteiger charge is -2.14. The van der Waals surface area contributed by atoms with Gasteiger partial charge >= 0.3 is 5.97 Å². The third-order valence-electron chi connectivity index (χ3n) is 2.84. The van der Waals surface area contributed by atoms with Crippen LogP contribution in [0.3, 0.4) is 0 Å². The first kappa shape index (κ1) is 16.5. The molecule has 1 N–H and O–H groups in total. The molecule has 0 aromatic heterocycles. The Morgan fingerprint density at radius 1 is 1.18 bits per heavy atom. The second-order valence-corrected chi connectivity index (χ2v) is 5.85. The molecule has 6 heteroatoms. The van der Waals surface area contributed by atoms with Crippen LogP contribution in [0.1, 0.15) is 17.3 Å². The van der Waals surface area contributed by atoms with Crippen molar-refractivity contribution < 1.29 is 14.3 Å². The van der Waals surface area contributed by atoms with Gasteiger partial charge in [-0.05, 0) is 37.3 Å². The molecule has 0 unspecified atom stereocenters. The van der Waals surface area contributed by atoms with Crippen molar-refractivity contribution in [1.29, 1.82) is 0 Å². The van der Waals surface area contributed by atoms with Crippen LogP contribution in [-0.4, -0.2) is 18.0 Å². The van der Waals surface area contributed by atoms with Crippen LogP contribution in [0, 0.1) is 0 Å². The fourth-order valence-corrected chi connectivity index (χ4v) is 2.25. The summed E-state index contributed by atoms with van der Waals surface area (Å²) in [5.41, 5.74) is 0.839. The van der Waals surface area contributed by atoms with E-state index in [4.69, 9.17) is 16.3 Å². The first-order chi connectivity index (χ1) is 10.5. The van der Waals surface area contributed by atoms with Gasteiger partial charge in [-0.15, -0.1) is 0 Å². The Morgan fingerprint density at radius 3 is 2.55 bits per heavy atom. The Hall–Kier alpha value is -1.85. The number of ether oxygens (including phenoxy) is 1. The number of hydrogen-bond donors (Lipinski definition) is 1. The lowest BCUT2D eigenvalue weighted by Crippen LogP contribution is -2.30. The third kappa shape index (κ3) is 4.32. The zero-order chi connectivity index (χ0) is 16.1. The summed E-state index contributed by atoms with van der Waals surface area (Å²) < 4.78 is 5.85. The molecule has 2 rings (SSSR count). The summed E-state index contributed by atoms with van der Waals surface area (Å²) in [6, 6.07) is 13.8. The minimum absolute atomic E-state index is 0.204. The zero-order valence-electron chi connectivity index (χ0n) is 11.7. The summed E-state index contributed by atoms with van der Waals surface area (Å²) in [5, 5.41) is 2.93. The summed E-state index contributed by atoms with van der Waals surface area (Å²) in [5.74, 6) is -1.06. The summed E-state index contributed by atoms with van der Waals surface area (Å²) in [4.78, 5) is 24.1. The van der Waals surface area contributed by atoms with Crippen LogP contribution in [0.15, 0.2) is 53.0 Å². The normalized spacial score (nSPS) is 11.6. The molecule has 114 valence electrons. The van der Waals surface area contributed by atoms with Gasteiger partial charge in [0.25, 0.3) is 5.91 Å². The topological polar surface area (TPSA) is 55.4 Å². The van der Waals surface area contributed by atoms with Gasteiger partial charge in [0.15, 0.2) is 6.10 Å². The zero-order valence-corrected chi connectivity index (χ0v) is 14.0. The van der Waals surface area contributed by atoms with Crippen molar-refractivity contribution in [1.82, 2.24) is 0 Å². The molecule has 0 bridgehead atoms.